The molecule has 2 nitrogen and oxygen atoms in total. The van der Waals surface area contributed by atoms with Crippen molar-refractivity contribution >= 4 is 0 Å². The van der Waals surface area contributed by atoms with Crippen LogP contribution in [0.2, 0.25) is 0 Å². The Morgan fingerprint density at radius 3 is 1.12 bits per heavy atom. The van der Waals surface area contributed by atoms with E-state index >= 15 is 0 Å². The van der Waals surface area contributed by atoms with E-state index in [1.54, 1.807) is 24.8 Å². The summed E-state index contributed by atoms with van der Waals surface area (Å²) >= 11 is 0. The third kappa shape index (κ3) is 3.28. The molecule has 0 unspecified atom stereocenters. The van der Waals surface area contributed by atoms with Crippen molar-refractivity contribution in [2.45, 2.75) is 13.8 Å². The van der Waals surface area contributed by atoms with Crippen molar-refractivity contribution in [1.82, 2.24) is 9.97 Å². The van der Waals surface area contributed by atoms with Crippen LogP contribution in [0.15, 0.2) is 24.8 Å². The van der Waals surface area contributed by atoms with Crippen LogP contribution in [0.4, 0.5) is 0 Å². The Morgan fingerprint density at radius 2 is 1.00 bits per heavy atom. The van der Waals surface area contributed by atoms with Crippen LogP contribution in [0.1, 0.15) is 13.8 Å². The van der Waals surface area contributed by atoms with Crippen molar-refractivity contribution in [2.24, 2.45) is 0 Å². The van der Waals surface area contributed by atoms with Crippen LogP contribution in [-0.2, 0) is 0 Å². The highest BCUT2D eigenvalue weighted by Crippen LogP contribution is 1.65. The lowest BCUT2D eigenvalue weighted by molar-refractivity contribution is 1.20. The smallest absolute Gasteiger partial charge is 0.0451 e. The van der Waals surface area contributed by atoms with Gasteiger partial charge in [-0.25, -0.2) is 0 Å². The summed E-state index contributed by atoms with van der Waals surface area (Å²) in [7, 11) is 0. The molecule has 0 saturated heterocycles. The van der Waals surface area contributed by atoms with E-state index in [4.69, 9.17) is 0 Å². The molecule has 0 amide bonds. The molecule has 0 radical (unpaired) electrons. The van der Waals surface area contributed by atoms with Gasteiger partial charge in [-0.3, -0.25) is 9.97 Å². The Morgan fingerprint density at radius 1 is 0.750 bits per heavy atom. The summed E-state index contributed by atoms with van der Waals surface area (Å²) in [5, 5.41) is 0. The second-order valence-corrected chi connectivity index (χ2v) is 0.894. The van der Waals surface area contributed by atoms with Gasteiger partial charge in [0.05, 0.1) is 0 Å². The molecule has 0 aliphatic heterocycles. The zero-order chi connectivity index (χ0) is 6.24. The maximum Gasteiger partial charge on any atom is 0.0451 e. The van der Waals surface area contributed by atoms with Gasteiger partial charge in [-0.05, 0) is 0 Å². The molecule has 44 valence electrons. The van der Waals surface area contributed by atoms with E-state index in [0.717, 1.165) is 0 Å². The van der Waals surface area contributed by atoms with E-state index in [1.807, 2.05) is 13.8 Å². The summed E-state index contributed by atoms with van der Waals surface area (Å²) in [5.41, 5.74) is 0. The Hall–Kier alpha value is -0.920. The Labute approximate surface area is 49.6 Å². The first-order chi connectivity index (χ1) is 4.00. The van der Waals surface area contributed by atoms with Crippen molar-refractivity contribution in [2.75, 3.05) is 0 Å². The van der Waals surface area contributed by atoms with Crippen LogP contribution in [0, 0.1) is 0 Å². The van der Waals surface area contributed by atoms with Gasteiger partial charge in [-0.15, -0.1) is 0 Å². The van der Waals surface area contributed by atoms with Crippen LogP contribution in [0.3, 0.4) is 0 Å². The van der Waals surface area contributed by atoms with Crippen LogP contribution < -0.4 is 0 Å². The first kappa shape index (κ1) is 7.08. The summed E-state index contributed by atoms with van der Waals surface area (Å²) in [4.78, 5) is 7.44. The zero-order valence-electron chi connectivity index (χ0n) is 5.20. The third-order valence-corrected chi connectivity index (χ3v) is 0.478. The largest absolute Gasteiger partial charge is 0.262 e. The molecule has 0 aliphatic rings. The van der Waals surface area contributed by atoms with Crippen LogP contribution >= 0.6 is 0 Å². The van der Waals surface area contributed by atoms with Gasteiger partial charge in [0.25, 0.3) is 0 Å². The Balaban J connectivity index is 0.000000222. The summed E-state index contributed by atoms with van der Waals surface area (Å²) < 4.78 is 0. The van der Waals surface area contributed by atoms with Gasteiger partial charge in [-0.2, -0.15) is 0 Å². The average Bonchev–Trinajstić information content (AvgIpc) is 1.96. The number of hydrogen-bond donors (Lipinski definition) is 0. The van der Waals surface area contributed by atoms with Crippen molar-refractivity contribution in [3.8, 4) is 0 Å². The molecule has 1 rings (SSSR count). The monoisotopic (exact) mass is 110 g/mol. The van der Waals surface area contributed by atoms with Gasteiger partial charge in [0, 0.05) is 24.8 Å². The van der Waals surface area contributed by atoms with E-state index in [-0.39, 0.29) is 0 Å². The van der Waals surface area contributed by atoms with E-state index in [2.05, 4.69) is 9.97 Å². The summed E-state index contributed by atoms with van der Waals surface area (Å²) in [6.45, 7) is 4.00. The van der Waals surface area contributed by atoms with E-state index in [9.17, 15) is 0 Å². The highest BCUT2D eigenvalue weighted by Gasteiger charge is 1.59. The lowest BCUT2D eigenvalue weighted by Gasteiger charge is -1.70. The number of nitrogens with zero attached hydrogens (tertiary/aromatic N) is 2. The van der Waals surface area contributed by atoms with Gasteiger partial charge in [0.15, 0.2) is 0 Å². The minimum atomic E-state index is 1.64. The zero-order valence-corrected chi connectivity index (χ0v) is 5.20. The van der Waals surface area contributed by atoms with Gasteiger partial charge < -0.3 is 0 Å². The van der Waals surface area contributed by atoms with Gasteiger partial charge in [0.2, 0.25) is 0 Å². The van der Waals surface area contributed by atoms with Crippen molar-refractivity contribution in [3.63, 3.8) is 0 Å². The van der Waals surface area contributed by atoms with Crippen LogP contribution in [0.5, 0.6) is 0 Å². The lowest BCUT2D eigenvalue weighted by atomic mass is 10.8. The summed E-state index contributed by atoms with van der Waals surface area (Å²) in [6, 6.07) is 0. The molecule has 0 atom stereocenters. The molecule has 2 heteroatoms. The predicted octanol–water partition coefficient (Wildman–Crippen LogP) is 1.50. The molecule has 0 saturated carbocycles. The second kappa shape index (κ2) is 6.08. The standard InChI is InChI=1S/C4H4N2.C2H6/c1-2-6-4-3-5-1;1-2/h1-4H;1-2H3. The van der Waals surface area contributed by atoms with Gasteiger partial charge >= 0.3 is 0 Å². The van der Waals surface area contributed by atoms with Gasteiger partial charge in [-0.1, -0.05) is 13.8 Å². The second-order valence-electron chi connectivity index (χ2n) is 0.894. The maximum absolute atomic E-state index is 3.72. The average molecular weight is 110 g/mol. The molecule has 1 aromatic rings. The minimum Gasteiger partial charge on any atom is -0.262 e. The lowest BCUT2D eigenvalue weighted by Crippen LogP contribution is -1.66. The minimum absolute atomic E-state index is 1.64. The van der Waals surface area contributed by atoms with E-state index in [0.29, 0.717) is 0 Å². The summed E-state index contributed by atoms with van der Waals surface area (Å²) in [5.74, 6) is 0. The Bertz CT molecular complexity index is 78.5. The molecule has 0 aliphatic carbocycles. The molecule has 1 heterocycles. The highest BCUT2D eigenvalue weighted by atomic mass is 14.7. The quantitative estimate of drug-likeness (QED) is 0.505. The van der Waals surface area contributed by atoms with Crippen molar-refractivity contribution < 1.29 is 0 Å². The normalized spacial score (nSPS) is 6.75. The van der Waals surface area contributed by atoms with E-state index in [1.165, 1.54) is 0 Å². The fraction of sp³-hybridized carbons (Fsp3) is 0.333. The molecule has 0 aromatic carbocycles. The van der Waals surface area contributed by atoms with Gasteiger partial charge in [0.1, 0.15) is 0 Å². The molecule has 1 aromatic heterocycles. The molecule has 0 N–H and O–H groups in total. The molecule has 0 bridgehead atoms. The number of aromatic nitrogens is 2. The first-order valence-corrected chi connectivity index (χ1v) is 2.70. The van der Waals surface area contributed by atoms with Crippen molar-refractivity contribution in [1.29, 1.82) is 0 Å². The first-order valence-electron chi connectivity index (χ1n) is 2.70. The molecular formula is C6H10N2. The molecular weight excluding hydrogens is 100 g/mol. The maximum atomic E-state index is 3.72. The fourth-order valence-electron chi connectivity index (χ4n) is 0.253. The Kier molecular flexibility index (Phi) is 5.38. The fourth-order valence-corrected chi connectivity index (χ4v) is 0.253. The predicted molar refractivity (Wildman–Crippen MR) is 33.4 cm³/mol. The summed E-state index contributed by atoms with van der Waals surface area (Å²) in [6.07, 6.45) is 6.56. The van der Waals surface area contributed by atoms with Crippen LogP contribution in [0.25, 0.3) is 0 Å². The number of hydrogen-bond acceptors (Lipinski definition) is 2. The number of rotatable bonds is 0. The molecule has 8 heavy (non-hydrogen) atoms. The highest BCUT2D eigenvalue weighted by molar-refractivity contribution is 4.70. The van der Waals surface area contributed by atoms with Crippen molar-refractivity contribution in [3.05, 3.63) is 24.8 Å². The third-order valence-electron chi connectivity index (χ3n) is 0.478. The van der Waals surface area contributed by atoms with Crippen LogP contribution in [-0.4, -0.2) is 9.97 Å². The molecule has 0 spiro atoms. The van der Waals surface area contributed by atoms with E-state index < -0.39 is 0 Å². The SMILES string of the molecule is CC.c1cnccn1. The topological polar surface area (TPSA) is 25.8 Å². The molecule has 0 fully saturated rings.